The summed E-state index contributed by atoms with van der Waals surface area (Å²) >= 11 is 1.66. The van der Waals surface area contributed by atoms with Crippen LogP contribution < -0.4 is 5.32 Å². The van der Waals surface area contributed by atoms with Gasteiger partial charge in [0.15, 0.2) is 0 Å². The van der Waals surface area contributed by atoms with Crippen molar-refractivity contribution in [3.05, 3.63) is 29.3 Å². The number of carbonyl (C=O) groups excluding carboxylic acids is 1. The van der Waals surface area contributed by atoms with Crippen LogP contribution in [0.5, 0.6) is 0 Å². The lowest BCUT2D eigenvalue weighted by atomic mass is 9.98. The summed E-state index contributed by atoms with van der Waals surface area (Å²) in [4.78, 5) is 23.7. The Morgan fingerprint density at radius 1 is 1.18 bits per heavy atom. The van der Waals surface area contributed by atoms with Gasteiger partial charge in [-0.1, -0.05) is 6.07 Å². The minimum absolute atomic E-state index is 0.0354. The molecule has 0 unspecified atom stereocenters. The Labute approximate surface area is 136 Å². The van der Waals surface area contributed by atoms with Crippen LogP contribution in [-0.2, 0) is 9.59 Å². The van der Waals surface area contributed by atoms with Crippen LogP contribution in [0.2, 0.25) is 0 Å². The van der Waals surface area contributed by atoms with Crippen molar-refractivity contribution in [1.82, 2.24) is 5.32 Å². The second kappa shape index (κ2) is 8.22. The molecule has 0 bridgehead atoms. The molecule has 0 heterocycles. The second-order valence-electron chi connectivity index (χ2n) is 6.17. The third-order valence-corrected chi connectivity index (χ3v) is 4.51. The average Bonchev–Trinajstić information content (AvgIpc) is 2.40. The maximum absolute atomic E-state index is 11.9. The van der Waals surface area contributed by atoms with Crippen molar-refractivity contribution in [2.24, 2.45) is 0 Å². The highest BCUT2D eigenvalue weighted by molar-refractivity contribution is 7.99. The van der Waals surface area contributed by atoms with Crippen molar-refractivity contribution >= 4 is 23.6 Å². The van der Waals surface area contributed by atoms with E-state index < -0.39 is 11.5 Å². The molecule has 0 saturated carbocycles. The topological polar surface area (TPSA) is 66.4 Å². The Bertz CT molecular complexity index is 541. The van der Waals surface area contributed by atoms with Crippen molar-refractivity contribution in [3.8, 4) is 0 Å². The lowest BCUT2D eigenvalue weighted by Crippen LogP contribution is -2.43. The van der Waals surface area contributed by atoms with Crippen LogP contribution in [0.3, 0.4) is 0 Å². The summed E-state index contributed by atoms with van der Waals surface area (Å²) in [7, 11) is 0. The van der Waals surface area contributed by atoms with Crippen LogP contribution in [0, 0.1) is 13.8 Å². The normalized spacial score (nSPS) is 11.3. The van der Waals surface area contributed by atoms with Gasteiger partial charge in [-0.05, 0) is 57.4 Å². The predicted molar refractivity (Wildman–Crippen MR) is 90.3 cm³/mol. The van der Waals surface area contributed by atoms with E-state index in [9.17, 15) is 9.59 Å². The molecule has 0 aliphatic rings. The minimum atomic E-state index is -0.840. The average molecular weight is 323 g/mol. The number of thioether (sulfide) groups is 1. The summed E-state index contributed by atoms with van der Waals surface area (Å²) in [5.41, 5.74) is 2.03. The Balaban J connectivity index is 2.36. The quantitative estimate of drug-likeness (QED) is 0.718. The fraction of sp³-hybridized carbons (Fsp3) is 0.529. The molecule has 1 aromatic carbocycles. The fourth-order valence-electron chi connectivity index (χ4n) is 1.99. The molecule has 0 aliphatic heterocycles. The third-order valence-electron chi connectivity index (χ3n) is 3.52. The van der Waals surface area contributed by atoms with Crippen molar-refractivity contribution in [1.29, 1.82) is 0 Å². The number of benzene rings is 1. The van der Waals surface area contributed by atoms with Crippen molar-refractivity contribution in [2.45, 2.75) is 57.4 Å². The van der Waals surface area contributed by atoms with Gasteiger partial charge in [0.1, 0.15) is 0 Å². The zero-order chi connectivity index (χ0) is 16.8. The van der Waals surface area contributed by atoms with E-state index in [0.717, 1.165) is 0 Å². The number of amides is 1. The largest absolute Gasteiger partial charge is 0.481 e. The molecule has 0 fully saturated rings. The maximum atomic E-state index is 11.9. The molecule has 2 N–H and O–H groups in total. The monoisotopic (exact) mass is 323 g/mol. The van der Waals surface area contributed by atoms with Gasteiger partial charge in [-0.2, -0.15) is 0 Å². The lowest BCUT2D eigenvalue weighted by Gasteiger charge is -2.25. The highest BCUT2D eigenvalue weighted by Crippen LogP contribution is 2.22. The summed E-state index contributed by atoms with van der Waals surface area (Å²) in [6.45, 7) is 7.86. The molecule has 1 aromatic rings. The fourth-order valence-corrected chi connectivity index (χ4v) is 2.93. The smallest absolute Gasteiger partial charge is 0.303 e. The van der Waals surface area contributed by atoms with Gasteiger partial charge in [-0.25, -0.2) is 0 Å². The van der Waals surface area contributed by atoms with E-state index in [4.69, 9.17) is 5.11 Å². The van der Waals surface area contributed by atoms with Crippen LogP contribution in [0.15, 0.2) is 23.1 Å². The van der Waals surface area contributed by atoms with Gasteiger partial charge in [0.05, 0.1) is 0 Å². The molecule has 0 radical (unpaired) electrons. The van der Waals surface area contributed by atoms with E-state index >= 15 is 0 Å². The van der Waals surface area contributed by atoms with Crippen molar-refractivity contribution < 1.29 is 14.7 Å². The molecular weight excluding hydrogens is 298 g/mol. The number of carboxylic acid groups (broad SMARTS) is 1. The molecule has 0 saturated heterocycles. The summed E-state index contributed by atoms with van der Waals surface area (Å²) in [5, 5.41) is 11.6. The molecule has 0 aromatic heterocycles. The van der Waals surface area contributed by atoms with Gasteiger partial charge in [0, 0.05) is 29.0 Å². The molecule has 1 rings (SSSR count). The van der Waals surface area contributed by atoms with E-state index in [1.54, 1.807) is 11.8 Å². The summed E-state index contributed by atoms with van der Waals surface area (Å²) < 4.78 is 0. The zero-order valence-corrected chi connectivity index (χ0v) is 14.5. The number of nitrogens with one attached hydrogen (secondary N) is 1. The highest BCUT2D eigenvalue weighted by atomic mass is 32.2. The van der Waals surface area contributed by atoms with Crippen LogP contribution in [0.1, 0.15) is 44.2 Å². The number of rotatable bonds is 8. The number of hydrogen-bond donors (Lipinski definition) is 2. The zero-order valence-electron chi connectivity index (χ0n) is 13.7. The highest BCUT2D eigenvalue weighted by Gasteiger charge is 2.21. The van der Waals surface area contributed by atoms with Gasteiger partial charge >= 0.3 is 5.97 Å². The molecule has 5 heteroatoms. The summed E-state index contributed by atoms with van der Waals surface area (Å²) in [6, 6.07) is 6.29. The van der Waals surface area contributed by atoms with Crippen LogP contribution >= 0.6 is 11.8 Å². The first-order chi connectivity index (χ1) is 10.2. The standard InChI is InChI=1S/C17H25NO3S/c1-12-5-6-14(11-13(12)2)22-10-8-15(19)18-17(3,4)9-7-16(20)21/h5-6,11H,7-10H2,1-4H3,(H,18,19)(H,20,21). The first-order valence-corrected chi connectivity index (χ1v) is 8.41. The van der Waals surface area contributed by atoms with Crippen LogP contribution in [0.4, 0.5) is 0 Å². The molecule has 0 spiro atoms. The van der Waals surface area contributed by atoms with E-state index in [-0.39, 0.29) is 12.3 Å². The van der Waals surface area contributed by atoms with E-state index in [1.807, 2.05) is 13.8 Å². The molecular formula is C17H25NO3S. The number of carbonyl (C=O) groups is 2. The van der Waals surface area contributed by atoms with E-state index in [2.05, 4.69) is 37.4 Å². The van der Waals surface area contributed by atoms with Crippen LogP contribution in [-0.4, -0.2) is 28.3 Å². The molecule has 0 aliphatic carbocycles. The number of carboxylic acids is 1. The first-order valence-electron chi connectivity index (χ1n) is 7.42. The van der Waals surface area contributed by atoms with Gasteiger partial charge in [-0.3, -0.25) is 9.59 Å². The molecule has 22 heavy (non-hydrogen) atoms. The van der Waals surface area contributed by atoms with Gasteiger partial charge in [0.2, 0.25) is 5.91 Å². The van der Waals surface area contributed by atoms with Crippen molar-refractivity contribution in [2.75, 3.05) is 5.75 Å². The molecule has 122 valence electrons. The minimum Gasteiger partial charge on any atom is -0.481 e. The number of aliphatic carboxylic acids is 1. The Kier molecular flexibility index (Phi) is 6.94. The lowest BCUT2D eigenvalue weighted by molar-refractivity contribution is -0.137. The maximum Gasteiger partial charge on any atom is 0.303 e. The Morgan fingerprint density at radius 3 is 2.45 bits per heavy atom. The summed E-state index contributed by atoms with van der Waals surface area (Å²) in [6.07, 6.45) is 0.914. The van der Waals surface area contributed by atoms with Gasteiger partial charge in [-0.15, -0.1) is 11.8 Å². The molecule has 0 atom stereocenters. The van der Waals surface area contributed by atoms with E-state index in [1.165, 1.54) is 16.0 Å². The Morgan fingerprint density at radius 2 is 1.86 bits per heavy atom. The predicted octanol–water partition coefficient (Wildman–Crippen LogP) is 3.55. The first kappa shape index (κ1) is 18.6. The number of aryl methyl sites for hydroxylation is 2. The molecule has 1 amide bonds. The summed E-state index contributed by atoms with van der Waals surface area (Å²) in [5.74, 6) is -0.164. The SMILES string of the molecule is Cc1ccc(SCCC(=O)NC(C)(C)CCC(=O)O)cc1C. The van der Waals surface area contributed by atoms with Gasteiger partial charge < -0.3 is 10.4 Å². The van der Waals surface area contributed by atoms with Gasteiger partial charge in [0.25, 0.3) is 0 Å². The molecule has 4 nitrogen and oxygen atoms in total. The van der Waals surface area contributed by atoms with Crippen molar-refractivity contribution in [3.63, 3.8) is 0 Å². The number of hydrogen-bond acceptors (Lipinski definition) is 3. The third kappa shape index (κ3) is 6.98. The Hall–Kier alpha value is -1.49. The second-order valence-corrected chi connectivity index (χ2v) is 7.34. The van der Waals surface area contributed by atoms with E-state index in [0.29, 0.717) is 18.6 Å². The van der Waals surface area contributed by atoms with Crippen LogP contribution in [0.25, 0.3) is 0 Å².